The smallest absolute Gasteiger partial charge is 0.132 e. The summed E-state index contributed by atoms with van der Waals surface area (Å²) < 4.78 is 0. The highest BCUT2D eigenvalue weighted by atomic mass is 16.3. The van der Waals surface area contributed by atoms with Crippen LogP contribution >= 0.6 is 0 Å². The van der Waals surface area contributed by atoms with Gasteiger partial charge in [-0.25, -0.2) is 0 Å². The Morgan fingerprint density at radius 2 is 0.719 bits per heavy atom. The van der Waals surface area contributed by atoms with Crippen molar-refractivity contribution in [3.8, 4) is 11.5 Å². The molecular weight excluding hydrogens is 392 g/mol. The molecule has 0 heterocycles. The molecule has 172 valence electrons. The average Bonchev–Trinajstić information content (AvgIpc) is 2.82. The fourth-order valence-electron chi connectivity index (χ4n) is 6.21. The number of fused-ring (bicyclic) bond motifs is 2. The maximum Gasteiger partial charge on any atom is 0.132 e. The van der Waals surface area contributed by atoms with Gasteiger partial charge in [0.2, 0.25) is 0 Å². The molecule has 0 aliphatic rings. The van der Waals surface area contributed by atoms with Gasteiger partial charge in [0.1, 0.15) is 11.5 Å². The topological polar surface area (TPSA) is 40.5 Å². The third kappa shape index (κ3) is 3.22. The summed E-state index contributed by atoms with van der Waals surface area (Å²) in [6, 6.07) is 0. The molecule has 0 aromatic heterocycles. The van der Waals surface area contributed by atoms with Gasteiger partial charge in [-0.05, 0) is 96.2 Å². The van der Waals surface area contributed by atoms with Crippen LogP contribution in [-0.4, -0.2) is 10.2 Å². The van der Waals surface area contributed by atoms with Gasteiger partial charge in [-0.1, -0.05) is 53.7 Å². The van der Waals surface area contributed by atoms with Crippen molar-refractivity contribution >= 4 is 33.7 Å². The number of aromatic hydroxyl groups is 2. The first-order valence-electron chi connectivity index (χ1n) is 12.5. The SMILES string of the molecule is CC=c1c(CC)c(CC)c(=CC)c2c(O)c3c(CC)c(CC)c(CC)c(CC)c3c(O)c12. The Hall–Kier alpha value is -2.48. The molecular formula is C30H40O2. The molecule has 0 aliphatic heterocycles. The largest absolute Gasteiger partial charge is 0.507 e. The molecule has 0 saturated carbocycles. The van der Waals surface area contributed by atoms with Crippen molar-refractivity contribution in [3.63, 3.8) is 0 Å². The van der Waals surface area contributed by atoms with Gasteiger partial charge in [-0.15, -0.1) is 0 Å². The summed E-state index contributed by atoms with van der Waals surface area (Å²) in [7, 11) is 0. The van der Waals surface area contributed by atoms with Gasteiger partial charge >= 0.3 is 0 Å². The Kier molecular flexibility index (Phi) is 7.22. The molecule has 0 spiro atoms. The average molecular weight is 433 g/mol. The number of aryl methyl sites for hydroxylation is 2. The zero-order valence-electron chi connectivity index (χ0n) is 21.3. The molecule has 3 aromatic rings. The summed E-state index contributed by atoms with van der Waals surface area (Å²) in [6.45, 7) is 17.2. The van der Waals surface area contributed by atoms with Gasteiger partial charge in [0, 0.05) is 21.5 Å². The fraction of sp³-hybridized carbons (Fsp3) is 0.467. The van der Waals surface area contributed by atoms with Crippen molar-refractivity contribution in [2.45, 2.75) is 93.9 Å². The minimum Gasteiger partial charge on any atom is -0.507 e. The molecule has 0 saturated heterocycles. The van der Waals surface area contributed by atoms with Crippen LogP contribution in [0.5, 0.6) is 11.5 Å². The van der Waals surface area contributed by atoms with E-state index in [0.29, 0.717) is 11.5 Å². The lowest BCUT2D eigenvalue weighted by atomic mass is 9.81. The minimum atomic E-state index is 0.338. The molecule has 3 rings (SSSR count). The first-order valence-corrected chi connectivity index (χ1v) is 12.5. The first kappa shape index (κ1) is 24.2. The van der Waals surface area contributed by atoms with Crippen molar-refractivity contribution in [2.75, 3.05) is 0 Å². The fourth-order valence-corrected chi connectivity index (χ4v) is 6.21. The lowest BCUT2D eigenvalue weighted by Crippen LogP contribution is -2.24. The van der Waals surface area contributed by atoms with E-state index < -0.39 is 0 Å². The lowest BCUT2D eigenvalue weighted by molar-refractivity contribution is 0.477. The Balaban J connectivity index is 2.92. The van der Waals surface area contributed by atoms with Crippen molar-refractivity contribution in [1.29, 1.82) is 0 Å². The predicted octanol–water partition coefficient (Wildman–Crippen LogP) is 6.38. The zero-order valence-corrected chi connectivity index (χ0v) is 21.3. The Morgan fingerprint density at radius 3 is 0.938 bits per heavy atom. The predicted molar refractivity (Wildman–Crippen MR) is 141 cm³/mol. The second-order valence-corrected chi connectivity index (χ2v) is 8.59. The van der Waals surface area contributed by atoms with E-state index in [-0.39, 0.29) is 0 Å². The van der Waals surface area contributed by atoms with Gasteiger partial charge in [0.25, 0.3) is 0 Å². The molecule has 0 radical (unpaired) electrons. The number of hydrogen-bond donors (Lipinski definition) is 2. The van der Waals surface area contributed by atoms with Gasteiger partial charge < -0.3 is 10.2 Å². The Morgan fingerprint density at radius 1 is 0.438 bits per heavy atom. The summed E-state index contributed by atoms with van der Waals surface area (Å²) >= 11 is 0. The van der Waals surface area contributed by atoms with E-state index in [9.17, 15) is 10.2 Å². The molecule has 0 atom stereocenters. The van der Waals surface area contributed by atoms with Crippen LogP contribution in [-0.2, 0) is 38.5 Å². The quantitative estimate of drug-likeness (QED) is 0.350. The summed E-state index contributed by atoms with van der Waals surface area (Å²) in [5.74, 6) is 0.676. The second kappa shape index (κ2) is 9.57. The summed E-state index contributed by atoms with van der Waals surface area (Å²) in [5, 5.41) is 29.3. The van der Waals surface area contributed by atoms with Gasteiger partial charge in [-0.2, -0.15) is 0 Å². The van der Waals surface area contributed by atoms with Crippen molar-refractivity contribution in [2.24, 2.45) is 0 Å². The monoisotopic (exact) mass is 432 g/mol. The van der Waals surface area contributed by atoms with Crippen LogP contribution in [0.25, 0.3) is 33.7 Å². The highest BCUT2D eigenvalue weighted by Crippen LogP contribution is 2.46. The molecule has 3 aromatic carbocycles. The third-order valence-electron chi connectivity index (χ3n) is 7.40. The van der Waals surface area contributed by atoms with Crippen LogP contribution in [0.2, 0.25) is 0 Å². The highest BCUT2D eigenvalue weighted by Gasteiger charge is 2.25. The normalized spacial score (nSPS) is 13.1. The van der Waals surface area contributed by atoms with E-state index in [1.54, 1.807) is 0 Å². The molecule has 32 heavy (non-hydrogen) atoms. The van der Waals surface area contributed by atoms with E-state index >= 15 is 0 Å². The molecule has 2 heteroatoms. The third-order valence-corrected chi connectivity index (χ3v) is 7.40. The zero-order chi connectivity index (χ0) is 23.7. The van der Waals surface area contributed by atoms with Crippen LogP contribution in [0.4, 0.5) is 0 Å². The lowest BCUT2D eigenvalue weighted by Gasteiger charge is -2.24. The maximum atomic E-state index is 11.9. The van der Waals surface area contributed by atoms with Gasteiger partial charge in [-0.3, -0.25) is 0 Å². The molecule has 0 aliphatic carbocycles. The molecule has 2 nitrogen and oxygen atoms in total. The number of hydrogen-bond acceptors (Lipinski definition) is 2. The molecule has 0 fully saturated rings. The highest BCUT2D eigenvalue weighted by molar-refractivity contribution is 6.14. The van der Waals surface area contributed by atoms with Crippen molar-refractivity contribution < 1.29 is 10.2 Å². The molecule has 2 N–H and O–H groups in total. The first-order chi connectivity index (χ1) is 15.4. The maximum absolute atomic E-state index is 11.9. The van der Waals surface area contributed by atoms with Crippen LogP contribution < -0.4 is 10.4 Å². The van der Waals surface area contributed by atoms with E-state index in [4.69, 9.17) is 0 Å². The second-order valence-electron chi connectivity index (χ2n) is 8.59. The van der Waals surface area contributed by atoms with E-state index in [1.165, 1.54) is 33.4 Å². The number of benzene rings is 3. The minimum absolute atomic E-state index is 0.338. The van der Waals surface area contributed by atoms with Crippen LogP contribution in [0.1, 0.15) is 88.8 Å². The van der Waals surface area contributed by atoms with Crippen molar-refractivity contribution in [1.82, 2.24) is 0 Å². The van der Waals surface area contributed by atoms with Crippen molar-refractivity contribution in [3.05, 3.63) is 43.8 Å². The van der Waals surface area contributed by atoms with E-state index in [1.807, 2.05) is 13.8 Å². The van der Waals surface area contributed by atoms with E-state index in [2.05, 4.69) is 53.7 Å². The molecule has 0 bridgehead atoms. The molecule has 0 unspecified atom stereocenters. The summed E-state index contributed by atoms with van der Waals surface area (Å²) in [5.41, 5.74) is 7.62. The Bertz CT molecular complexity index is 1210. The summed E-state index contributed by atoms with van der Waals surface area (Å²) in [4.78, 5) is 0. The number of phenolic OH excluding ortho intramolecular Hbond substituents is 2. The van der Waals surface area contributed by atoms with E-state index in [0.717, 1.165) is 70.5 Å². The van der Waals surface area contributed by atoms with Crippen LogP contribution in [0.3, 0.4) is 0 Å². The standard InChI is InChI=1S/C30H40O2/c1-9-17-18(10-2)22(14-6)26-25(21(17)13-5)29(31)27-23(15-7)19(11-3)20(12-4)24(16-8)28(27)30(26)32/h13-14,31-32H,9-12,15-16H2,1-8H3. The summed E-state index contributed by atoms with van der Waals surface area (Å²) in [6.07, 6.45) is 9.55. The van der Waals surface area contributed by atoms with Gasteiger partial charge in [0.05, 0.1) is 0 Å². The van der Waals surface area contributed by atoms with Crippen LogP contribution in [0, 0.1) is 0 Å². The number of rotatable bonds is 6. The number of phenols is 2. The Labute approximate surface area is 193 Å². The van der Waals surface area contributed by atoms with Crippen LogP contribution in [0.15, 0.2) is 0 Å². The molecule has 0 amide bonds. The van der Waals surface area contributed by atoms with Gasteiger partial charge in [0.15, 0.2) is 0 Å².